The molecule has 3 unspecified atom stereocenters. The Balaban J connectivity index is 2.01. The van der Waals surface area contributed by atoms with Crippen LogP contribution in [-0.4, -0.2) is 14.9 Å². The Morgan fingerprint density at radius 2 is 2.38 bits per heavy atom. The largest absolute Gasteiger partial charge is 0.388 e. The standard InChI is InChI=1S/C13H22N2O/c1-3-10-5-4-6-11(7-10)13(16)12-8-14-15(2)9-12/h8-11,13,16H,3-7H2,1-2H3. The van der Waals surface area contributed by atoms with Crippen molar-refractivity contribution < 1.29 is 5.11 Å². The van der Waals surface area contributed by atoms with Crippen molar-refractivity contribution in [2.45, 2.75) is 45.1 Å². The minimum atomic E-state index is -0.317. The molecule has 0 aromatic carbocycles. The SMILES string of the molecule is CCC1CCCC(C(O)c2cnn(C)c2)C1. The number of nitrogens with zero attached hydrogens (tertiary/aromatic N) is 2. The Kier molecular flexibility index (Phi) is 3.64. The molecule has 1 aliphatic carbocycles. The fourth-order valence-corrected chi connectivity index (χ4v) is 2.86. The average Bonchev–Trinajstić information content (AvgIpc) is 2.75. The topological polar surface area (TPSA) is 38.1 Å². The molecule has 0 spiro atoms. The second kappa shape index (κ2) is 5.00. The molecule has 0 bridgehead atoms. The van der Waals surface area contributed by atoms with E-state index in [1.165, 1.54) is 25.7 Å². The highest BCUT2D eigenvalue weighted by atomic mass is 16.3. The number of aryl methyl sites for hydroxylation is 1. The van der Waals surface area contributed by atoms with Gasteiger partial charge < -0.3 is 5.11 Å². The molecule has 90 valence electrons. The Bertz CT molecular complexity index is 334. The van der Waals surface area contributed by atoms with E-state index >= 15 is 0 Å². The van der Waals surface area contributed by atoms with Crippen LogP contribution < -0.4 is 0 Å². The fourth-order valence-electron chi connectivity index (χ4n) is 2.86. The van der Waals surface area contributed by atoms with Crippen molar-refractivity contribution in [2.75, 3.05) is 0 Å². The maximum atomic E-state index is 10.3. The summed E-state index contributed by atoms with van der Waals surface area (Å²) in [4.78, 5) is 0. The lowest BCUT2D eigenvalue weighted by molar-refractivity contribution is 0.0677. The lowest BCUT2D eigenvalue weighted by atomic mass is 9.76. The molecule has 0 saturated heterocycles. The normalized spacial score (nSPS) is 27.9. The van der Waals surface area contributed by atoms with Gasteiger partial charge in [-0.15, -0.1) is 0 Å². The van der Waals surface area contributed by atoms with Crippen LogP contribution in [0.15, 0.2) is 12.4 Å². The van der Waals surface area contributed by atoms with Crippen LogP contribution in [0, 0.1) is 11.8 Å². The van der Waals surface area contributed by atoms with Crippen LogP contribution in [0.1, 0.15) is 50.7 Å². The van der Waals surface area contributed by atoms with E-state index < -0.39 is 0 Å². The quantitative estimate of drug-likeness (QED) is 0.853. The van der Waals surface area contributed by atoms with Crippen LogP contribution in [0.25, 0.3) is 0 Å². The molecule has 3 nitrogen and oxygen atoms in total. The molecule has 3 heteroatoms. The third kappa shape index (κ3) is 2.46. The van der Waals surface area contributed by atoms with E-state index in [1.807, 2.05) is 13.2 Å². The highest BCUT2D eigenvalue weighted by Gasteiger charge is 2.27. The van der Waals surface area contributed by atoms with Crippen LogP contribution in [0.3, 0.4) is 0 Å². The summed E-state index contributed by atoms with van der Waals surface area (Å²) < 4.78 is 1.76. The van der Waals surface area contributed by atoms with Crippen molar-refractivity contribution in [2.24, 2.45) is 18.9 Å². The van der Waals surface area contributed by atoms with Gasteiger partial charge >= 0.3 is 0 Å². The van der Waals surface area contributed by atoms with Crippen LogP contribution in [0.5, 0.6) is 0 Å². The summed E-state index contributed by atoms with van der Waals surface area (Å²) in [7, 11) is 1.89. The first-order chi connectivity index (χ1) is 7.70. The van der Waals surface area contributed by atoms with E-state index in [2.05, 4.69) is 12.0 Å². The van der Waals surface area contributed by atoms with Crippen molar-refractivity contribution in [1.29, 1.82) is 0 Å². The molecule has 1 heterocycles. The lowest BCUT2D eigenvalue weighted by Gasteiger charge is -2.31. The van der Waals surface area contributed by atoms with Gasteiger partial charge in [0, 0.05) is 18.8 Å². The average molecular weight is 222 g/mol. The molecule has 1 aromatic heterocycles. The molecule has 1 aliphatic rings. The molecule has 1 saturated carbocycles. The smallest absolute Gasteiger partial charge is 0.0848 e. The second-order valence-electron chi connectivity index (χ2n) is 5.09. The summed E-state index contributed by atoms with van der Waals surface area (Å²) in [5.41, 5.74) is 0.976. The Morgan fingerprint density at radius 3 is 3.00 bits per heavy atom. The van der Waals surface area contributed by atoms with Gasteiger partial charge in [-0.05, 0) is 24.7 Å². The predicted octanol–water partition coefficient (Wildman–Crippen LogP) is 2.67. The van der Waals surface area contributed by atoms with Gasteiger partial charge in [-0.1, -0.05) is 26.2 Å². The van der Waals surface area contributed by atoms with E-state index in [4.69, 9.17) is 0 Å². The zero-order chi connectivity index (χ0) is 11.5. The Labute approximate surface area is 97.5 Å². The first-order valence-electron chi connectivity index (χ1n) is 6.37. The Morgan fingerprint density at radius 1 is 1.56 bits per heavy atom. The first kappa shape index (κ1) is 11.6. The van der Waals surface area contributed by atoms with E-state index in [9.17, 15) is 5.11 Å². The number of aromatic nitrogens is 2. The van der Waals surface area contributed by atoms with Gasteiger partial charge in [0.15, 0.2) is 0 Å². The predicted molar refractivity (Wildman–Crippen MR) is 63.9 cm³/mol. The molecule has 3 atom stereocenters. The minimum Gasteiger partial charge on any atom is -0.388 e. The van der Waals surface area contributed by atoms with Crippen LogP contribution in [0.2, 0.25) is 0 Å². The summed E-state index contributed by atoms with van der Waals surface area (Å²) in [6.07, 6.45) is 9.59. The van der Waals surface area contributed by atoms with Crippen molar-refractivity contribution in [3.05, 3.63) is 18.0 Å². The molecule has 0 radical (unpaired) electrons. The van der Waals surface area contributed by atoms with E-state index in [0.29, 0.717) is 5.92 Å². The molecule has 1 fully saturated rings. The summed E-state index contributed by atoms with van der Waals surface area (Å²) in [6, 6.07) is 0. The molecule has 1 aromatic rings. The minimum absolute atomic E-state index is 0.317. The summed E-state index contributed by atoms with van der Waals surface area (Å²) >= 11 is 0. The molecule has 0 amide bonds. The van der Waals surface area contributed by atoms with E-state index in [0.717, 1.165) is 17.9 Å². The van der Waals surface area contributed by atoms with Crippen LogP contribution in [0.4, 0.5) is 0 Å². The number of hydrogen-bond donors (Lipinski definition) is 1. The highest BCUT2D eigenvalue weighted by Crippen LogP contribution is 2.38. The molecule has 1 N–H and O–H groups in total. The van der Waals surface area contributed by atoms with Gasteiger partial charge in [0.05, 0.1) is 12.3 Å². The zero-order valence-electron chi connectivity index (χ0n) is 10.3. The third-order valence-corrected chi connectivity index (χ3v) is 3.91. The number of hydrogen-bond acceptors (Lipinski definition) is 2. The third-order valence-electron chi connectivity index (χ3n) is 3.91. The number of aliphatic hydroxyl groups is 1. The van der Waals surface area contributed by atoms with Gasteiger partial charge in [-0.25, -0.2) is 0 Å². The van der Waals surface area contributed by atoms with Gasteiger partial charge in [0.1, 0.15) is 0 Å². The van der Waals surface area contributed by atoms with Crippen LogP contribution in [-0.2, 0) is 7.05 Å². The first-order valence-corrected chi connectivity index (χ1v) is 6.37. The summed E-state index contributed by atoms with van der Waals surface area (Å²) in [6.45, 7) is 2.25. The lowest BCUT2D eigenvalue weighted by Crippen LogP contribution is -2.21. The van der Waals surface area contributed by atoms with Crippen molar-refractivity contribution >= 4 is 0 Å². The van der Waals surface area contributed by atoms with E-state index in [1.54, 1.807) is 10.9 Å². The molecule has 0 aliphatic heterocycles. The monoisotopic (exact) mass is 222 g/mol. The fraction of sp³-hybridized carbons (Fsp3) is 0.769. The number of rotatable bonds is 3. The van der Waals surface area contributed by atoms with Gasteiger partial charge in [-0.2, -0.15) is 5.10 Å². The van der Waals surface area contributed by atoms with Crippen LogP contribution >= 0.6 is 0 Å². The number of aliphatic hydroxyl groups excluding tert-OH is 1. The van der Waals surface area contributed by atoms with E-state index in [-0.39, 0.29) is 6.10 Å². The van der Waals surface area contributed by atoms with Gasteiger partial charge in [0.25, 0.3) is 0 Å². The molecule has 2 rings (SSSR count). The zero-order valence-corrected chi connectivity index (χ0v) is 10.3. The van der Waals surface area contributed by atoms with Crippen molar-refractivity contribution in [3.63, 3.8) is 0 Å². The molecular formula is C13H22N2O. The summed E-state index contributed by atoms with van der Waals surface area (Å²) in [5, 5.41) is 14.4. The van der Waals surface area contributed by atoms with Gasteiger partial charge in [-0.3, -0.25) is 4.68 Å². The summed E-state index contributed by atoms with van der Waals surface area (Å²) in [5.74, 6) is 1.24. The molecule has 16 heavy (non-hydrogen) atoms. The molecular weight excluding hydrogens is 200 g/mol. The van der Waals surface area contributed by atoms with Crippen molar-refractivity contribution in [3.8, 4) is 0 Å². The maximum Gasteiger partial charge on any atom is 0.0848 e. The van der Waals surface area contributed by atoms with Gasteiger partial charge in [0.2, 0.25) is 0 Å². The van der Waals surface area contributed by atoms with Crippen molar-refractivity contribution in [1.82, 2.24) is 9.78 Å². The maximum absolute atomic E-state index is 10.3. The second-order valence-corrected chi connectivity index (χ2v) is 5.09. The Hall–Kier alpha value is -0.830. The highest BCUT2D eigenvalue weighted by molar-refractivity contribution is 5.09.